The molecule has 0 saturated carbocycles. The molecule has 1 rings (SSSR count). The second kappa shape index (κ2) is 5.38. The van der Waals surface area contributed by atoms with Crippen molar-refractivity contribution in [3.63, 3.8) is 0 Å². The third-order valence-corrected chi connectivity index (χ3v) is 2.29. The highest BCUT2D eigenvalue weighted by atomic mass is 19.4. The molecule has 0 bridgehead atoms. The van der Waals surface area contributed by atoms with Gasteiger partial charge in [0.1, 0.15) is 0 Å². The number of hydrogen-bond donors (Lipinski definition) is 1. The molecule has 7 heteroatoms. The molecule has 0 aliphatic carbocycles. The Hall–Kier alpha value is -1.92. The lowest BCUT2D eigenvalue weighted by Gasteiger charge is -2.18. The number of rotatable bonds is 4. The Morgan fingerprint density at radius 1 is 1.11 bits per heavy atom. The predicted molar refractivity (Wildman–Crippen MR) is 57.7 cm³/mol. The van der Waals surface area contributed by atoms with Gasteiger partial charge in [0.2, 0.25) is 0 Å². The van der Waals surface area contributed by atoms with Gasteiger partial charge in [-0.1, -0.05) is 36.4 Å². The van der Waals surface area contributed by atoms with Crippen molar-refractivity contribution in [3.8, 4) is 0 Å². The maximum atomic E-state index is 12.7. The second-order valence-electron chi connectivity index (χ2n) is 3.70. The Kier molecular flexibility index (Phi) is 4.28. The summed E-state index contributed by atoms with van der Waals surface area (Å²) in [7, 11) is 0. The van der Waals surface area contributed by atoms with Crippen molar-refractivity contribution in [1.29, 1.82) is 0 Å². The maximum Gasteiger partial charge on any atom is 0.453 e. The van der Waals surface area contributed by atoms with Gasteiger partial charge >= 0.3 is 18.1 Å². The van der Waals surface area contributed by atoms with Gasteiger partial charge in [-0.15, -0.1) is 0 Å². The van der Waals surface area contributed by atoms with Crippen LogP contribution in [0.25, 0.3) is 5.57 Å². The largest absolute Gasteiger partial charge is 0.478 e. The van der Waals surface area contributed by atoms with Crippen LogP contribution in [0.1, 0.15) is 12.0 Å². The number of alkyl halides is 5. The molecule has 0 aliphatic rings. The highest BCUT2D eigenvalue weighted by Crippen LogP contribution is 2.38. The van der Waals surface area contributed by atoms with Crippen molar-refractivity contribution in [2.75, 3.05) is 0 Å². The van der Waals surface area contributed by atoms with Gasteiger partial charge in [0.25, 0.3) is 0 Å². The van der Waals surface area contributed by atoms with E-state index in [1.165, 1.54) is 24.3 Å². The Morgan fingerprint density at radius 3 is 2.05 bits per heavy atom. The van der Waals surface area contributed by atoms with Gasteiger partial charge in [0.05, 0.1) is 5.57 Å². The minimum absolute atomic E-state index is 0.0629. The molecule has 0 spiro atoms. The number of benzene rings is 1. The lowest BCUT2D eigenvalue weighted by molar-refractivity contribution is -0.280. The molecule has 19 heavy (non-hydrogen) atoms. The quantitative estimate of drug-likeness (QED) is 0.673. The monoisotopic (exact) mass is 280 g/mol. The minimum atomic E-state index is -5.70. The third kappa shape index (κ3) is 3.77. The van der Waals surface area contributed by atoms with E-state index in [0.29, 0.717) is 6.08 Å². The standard InChI is InChI=1S/C12H9F5O2/c13-11(14,12(15,16)17)7-6-9(10(18)19)8-4-2-1-3-5-8/h1-6H,7H2,(H,18,19). The number of halogens is 5. The number of carboxylic acid groups (broad SMARTS) is 1. The summed E-state index contributed by atoms with van der Waals surface area (Å²) in [6.07, 6.45) is -7.04. The predicted octanol–water partition coefficient (Wildman–Crippen LogP) is 3.74. The van der Waals surface area contributed by atoms with E-state index in [2.05, 4.69) is 0 Å². The van der Waals surface area contributed by atoms with E-state index in [0.717, 1.165) is 0 Å². The van der Waals surface area contributed by atoms with Crippen LogP contribution in [0.4, 0.5) is 22.0 Å². The fourth-order valence-electron chi connectivity index (χ4n) is 1.29. The van der Waals surface area contributed by atoms with Gasteiger partial charge in [-0.25, -0.2) is 4.79 Å². The Labute approximate surface area is 105 Å². The number of aliphatic carboxylic acids is 1. The van der Waals surface area contributed by atoms with Gasteiger partial charge in [-0.3, -0.25) is 0 Å². The van der Waals surface area contributed by atoms with E-state index < -0.39 is 30.1 Å². The van der Waals surface area contributed by atoms with Crippen LogP contribution < -0.4 is 0 Å². The number of carboxylic acids is 1. The molecule has 0 atom stereocenters. The van der Waals surface area contributed by atoms with Gasteiger partial charge in [0, 0.05) is 6.42 Å². The van der Waals surface area contributed by atoms with Crippen molar-refractivity contribution in [1.82, 2.24) is 0 Å². The highest BCUT2D eigenvalue weighted by Gasteiger charge is 2.56. The van der Waals surface area contributed by atoms with Gasteiger partial charge in [-0.05, 0) is 5.56 Å². The van der Waals surface area contributed by atoms with Crippen molar-refractivity contribution in [2.24, 2.45) is 0 Å². The van der Waals surface area contributed by atoms with Crippen LogP contribution in [0, 0.1) is 0 Å². The first kappa shape index (κ1) is 15.1. The summed E-state index contributed by atoms with van der Waals surface area (Å²) >= 11 is 0. The zero-order chi connectivity index (χ0) is 14.7. The number of allylic oxidation sites excluding steroid dienone is 1. The molecule has 0 amide bonds. The van der Waals surface area contributed by atoms with E-state index in [4.69, 9.17) is 5.11 Å². The molecule has 1 aromatic carbocycles. The molecule has 0 aromatic heterocycles. The van der Waals surface area contributed by atoms with E-state index in [9.17, 15) is 26.7 Å². The number of hydrogen-bond acceptors (Lipinski definition) is 1. The number of carbonyl (C=O) groups is 1. The molecule has 0 aliphatic heterocycles. The Bertz CT molecular complexity index is 477. The first-order valence-electron chi connectivity index (χ1n) is 5.08. The average molecular weight is 280 g/mol. The molecule has 1 N–H and O–H groups in total. The smallest absolute Gasteiger partial charge is 0.453 e. The Balaban J connectivity index is 3.03. The maximum absolute atomic E-state index is 12.7. The van der Waals surface area contributed by atoms with Crippen LogP contribution in [0.2, 0.25) is 0 Å². The normalized spacial score (nSPS) is 13.4. The molecule has 0 heterocycles. The van der Waals surface area contributed by atoms with Gasteiger partial charge < -0.3 is 5.11 Å². The fourth-order valence-corrected chi connectivity index (χ4v) is 1.29. The van der Waals surface area contributed by atoms with E-state index in [1.807, 2.05) is 0 Å². The van der Waals surface area contributed by atoms with Gasteiger partial charge in [-0.2, -0.15) is 22.0 Å². The summed E-state index contributed by atoms with van der Waals surface area (Å²) in [5.74, 6) is -6.52. The molecule has 104 valence electrons. The average Bonchev–Trinajstić information content (AvgIpc) is 2.28. The molecule has 0 saturated heterocycles. The Morgan fingerprint density at radius 2 is 1.63 bits per heavy atom. The van der Waals surface area contributed by atoms with E-state index >= 15 is 0 Å². The van der Waals surface area contributed by atoms with Crippen LogP contribution in [-0.4, -0.2) is 23.2 Å². The zero-order valence-corrected chi connectivity index (χ0v) is 9.42. The third-order valence-electron chi connectivity index (χ3n) is 2.29. The van der Waals surface area contributed by atoms with Crippen LogP contribution in [0.5, 0.6) is 0 Å². The molecular formula is C12H9F5O2. The second-order valence-corrected chi connectivity index (χ2v) is 3.70. The minimum Gasteiger partial charge on any atom is -0.478 e. The lowest BCUT2D eigenvalue weighted by atomic mass is 10.0. The van der Waals surface area contributed by atoms with Crippen LogP contribution in [0.15, 0.2) is 36.4 Å². The molecular weight excluding hydrogens is 271 g/mol. The summed E-state index contributed by atoms with van der Waals surface area (Å²) in [6, 6.07) is 7.09. The summed E-state index contributed by atoms with van der Waals surface area (Å²) in [5.41, 5.74) is -0.530. The molecule has 0 fully saturated rings. The lowest BCUT2D eigenvalue weighted by Crippen LogP contribution is -2.35. The van der Waals surface area contributed by atoms with Crippen molar-refractivity contribution < 1.29 is 31.9 Å². The van der Waals surface area contributed by atoms with Crippen molar-refractivity contribution in [2.45, 2.75) is 18.5 Å². The topological polar surface area (TPSA) is 37.3 Å². The first-order valence-corrected chi connectivity index (χ1v) is 5.08. The summed E-state index contributed by atoms with van der Waals surface area (Å²) in [5, 5.41) is 8.83. The summed E-state index contributed by atoms with van der Waals surface area (Å²) in [4.78, 5) is 10.9. The van der Waals surface area contributed by atoms with Crippen LogP contribution in [-0.2, 0) is 4.79 Å². The van der Waals surface area contributed by atoms with E-state index in [-0.39, 0.29) is 5.56 Å². The fraction of sp³-hybridized carbons (Fsp3) is 0.250. The zero-order valence-electron chi connectivity index (χ0n) is 9.42. The molecule has 0 radical (unpaired) electrons. The van der Waals surface area contributed by atoms with Crippen LogP contribution >= 0.6 is 0 Å². The summed E-state index contributed by atoms with van der Waals surface area (Å²) < 4.78 is 61.3. The van der Waals surface area contributed by atoms with E-state index in [1.54, 1.807) is 6.07 Å². The molecule has 1 aromatic rings. The SMILES string of the molecule is O=C(O)C(=CCC(F)(F)C(F)(F)F)c1ccccc1. The van der Waals surface area contributed by atoms with Crippen molar-refractivity contribution >= 4 is 11.5 Å². The molecule has 0 unspecified atom stereocenters. The first-order chi connectivity index (χ1) is 8.65. The highest BCUT2D eigenvalue weighted by molar-refractivity contribution is 6.15. The van der Waals surface area contributed by atoms with Crippen molar-refractivity contribution in [3.05, 3.63) is 42.0 Å². The molecule has 2 nitrogen and oxygen atoms in total. The summed E-state index contributed by atoms with van der Waals surface area (Å²) in [6.45, 7) is 0. The van der Waals surface area contributed by atoms with Gasteiger partial charge in [0.15, 0.2) is 0 Å². The van der Waals surface area contributed by atoms with Crippen LogP contribution in [0.3, 0.4) is 0 Å².